The van der Waals surface area contributed by atoms with Gasteiger partial charge in [0.15, 0.2) is 9.84 Å². The summed E-state index contributed by atoms with van der Waals surface area (Å²) in [7, 11) is -2.94. The van der Waals surface area contributed by atoms with Crippen molar-refractivity contribution in [2.45, 2.75) is 71.2 Å². The van der Waals surface area contributed by atoms with Gasteiger partial charge in [-0.1, -0.05) is 33.6 Å². The van der Waals surface area contributed by atoms with Gasteiger partial charge in [-0.25, -0.2) is 8.42 Å². The summed E-state index contributed by atoms with van der Waals surface area (Å²) in [4.78, 5) is 2.41. The van der Waals surface area contributed by atoms with E-state index in [1.807, 2.05) is 0 Å². The van der Waals surface area contributed by atoms with E-state index in [0.717, 1.165) is 32.4 Å². The van der Waals surface area contributed by atoms with Crippen molar-refractivity contribution < 1.29 is 8.42 Å². The molecule has 0 aliphatic carbocycles. The van der Waals surface area contributed by atoms with Crippen LogP contribution in [0.25, 0.3) is 0 Å². The highest BCUT2D eigenvalue weighted by Crippen LogP contribution is 2.18. The molecule has 1 saturated heterocycles. The molecule has 0 aromatic rings. The van der Waals surface area contributed by atoms with Crippen LogP contribution in [0.3, 0.4) is 0 Å². The van der Waals surface area contributed by atoms with Crippen LogP contribution in [0.2, 0.25) is 0 Å². The fraction of sp³-hybridized carbons (Fsp3) is 1.00. The molecule has 1 rings (SSSR count). The molecule has 1 N–H and O–H groups in total. The minimum Gasteiger partial charge on any atom is -0.311 e. The molecule has 0 bridgehead atoms. The summed E-state index contributed by atoms with van der Waals surface area (Å²) < 4.78 is 24.1. The largest absolute Gasteiger partial charge is 0.311 e. The van der Waals surface area contributed by atoms with E-state index in [2.05, 4.69) is 31.0 Å². The van der Waals surface area contributed by atoms with E-state index < -0.39 is 9.84 Å². The van der Waals surface area contributed by atoms with Gasteiger partial charge in [-0.15, -0.1) is 0 Å². The van der Waals surface area contributed by atoms with Crippen LogP contribution in [0.1, 0.15) is 53.9 Å². The third-order valence-corrected chi connectivity index (χ3v) is 7.09. The van der Waals surface area contributed by atoms with Crippen LogP contribution >= 0.6 is 0 Å². The number of hydrogen-bond donors (Lipinski definition) is 1. The van der Waals surface area contributed by atoms with Gasteiger partial charge >= 0.3 is 0 Å². The van der Waals surface area contributed by atoms with E-state index in [9.17, 15) is 8.42 Å². The molecule has 21 heavy (non-hydrogen) atoms. The Morgan fingerprint density at radius 1 is 1.24 bits per heavy atom. The average Bonchev–Trinajstić information content (AvgIpc) is 2.45. The van der Waals surface area contributed by atoms with E-state index >= 15 is 0 Å². The van der Waals surface area contributed by atoms with Crippen molar-refractivity contribution in [1.29, 1.82) is 0 Å². The van der Waals surface area contributed by atoms with Gasteiger partial charge < -0.3 is 5.32 Å². The Morgan fingerprint density at radius 2 is 1.90 bits per heavy atom. The van der Waals surface area contributed by atoms with Gasteiger partial charge in [-0.2, -0.15) is 0 Å². The lowest BCUT2D eigenvalue weighted by molar-refractivity contribution is 0.109. The second-order valence-corrected chi connectivity index (χ2v) is 9.43. The molecule has 0 amide bonds. The first-order chi connectivity index (χ1) is 9.81. The summed E-state index contributed by atoms with van der Waals surface area (Å²) in [5.41, 5.74) is 0. The monoisotopic (exact) mass is 318 g/mol. The molecule has 3 atom stereocenters. The number of rotatable bonds is 8. The Bertz CT molecular complexity index is 395. The van der Waals surface area contributed by atoms with Crippen molar-refractivity contribution in [3.63, 3.8) is 0 Å². The molecule has 3 unspecified atom stereocenters. The molecule has 1 heterocycles. The highest BCUT2D eigenvalue weighted by molar-refractivity contribution is 7.92. The van der Waals surface area contributed by atoms with Gasteiger partial charge in [-0.05, 0) is 26.2 Å². The van der Waals surface area contributed by atoms with E-state index in [-0.39, 0.29) is 11.0 Å². The van der Waals surface area contributed by atoms with Gasteiger partial charge in [0.2, 0.25) is 0 Å². The maximum atomic E-state index is 12.1. The molecule has 1 fully saturated rings. The van der Waals surface area contributed by atoms with Gasteiger partial charge in [0.1, 0.15) is 0 Å². The first-order valence-corrected chi connectivity index (χ1v) is 10.2. The zero-order valence-electron chi connectivity index (χ0n) is 14.4. The third kappa shape index (κ3) is 5.53. The van der Waals surface area contributed by atoms with Crippen molar-refractivity contribution in [3.05, 3.63) is 0 Å². The fourth-order valence-electron chi connectivity index (χ4n) is 2.92. The molecule has 0 spiro atoms. The van der Waals surface area contributed by atoms with Gasteiger partial charge in [0.05, 0.1) is 11.0 Å². The molecule has 1 aliphatic heterocycles. The van der Waals surface area contributed by atoms with Gasteiger partial charge in [-0.3, -0.25) is 4.90 Å². The average molecular weight is 319 g/mol. The molecule has 5 heteroatoms. The summed E-state index contributed by atoms with van der Waals surface area (Å²) in [5, 5.41) is 3.40. The highest BCUT2D eigenvalue weighted by Gasteiger charge is 2.30. The smallest absolute Gasteiger partial charge is 0.153 e. The zero-order chi connectivity index (χ0) is 16.0. The van der Waals surface area contributed by atoms with Crippen molar-refractivity contribution in [2.24, 2.45) is 5.92 Å². The van der Waals surface area contributed by atoms with E-state index in [0.29, 0.717) is 24.5 Å². The highest BCUT2D eigenvalue weighted by atomic mass is 32.2. The Kier molecular flexibility index (Phi) is 7.65. The van der Waals surface area contributed by atoms with Crippen molar-refractivity contribution in [1.82, 2.24) is 10.2 Å². The van der Waals surface area contributed by atoms with Crippen molar-refractivity contribution >= 4 is 9.84 Å². The first kappa shape index (κ1) is 18.9. The number of nitrogens with zero attached hydrogens (tertiary/aromatic N) is 1. The standard InChI is InChI=1S/C16H34N2O2S/c1-6-8-15-11-17-16(14(5)7-2)12-18(15)9-10-21(19,20)13(3)4/h13-17H,6-12H2,1-5H3. The molecule has 4 nitrogen and oxygen atoms in total. The number of piperazine rings is 1. The Hall–Kier alpha value is -0.130. The summed E-state index contributed by atoms with van der Waals surface area (Å²) in [6, 6.07) is 0.975. The summed E-state index contributed by atoms with van der Waals surface area (Å²) in [6.07, 6.45) is 3.45. The van der Waals surface area contributed by atoms with Crippen molar-refractivity contribution in [2.75, 3.05) is 25.4 Å². The number of nitrogens with one attached hydrogen (secondary N) is 1. The van der Waals surface area contributed by atoms with E-state index in [1.165, 1.54) is 0 Å². The van der Waals surface area contributed by atoms with Crippen LogP contribution in [0.5, 0.6) is 0 Å². The number of sulfone groups is 1. The minimum absolute atomic E-state index is 0.268. The molecular weight excluding hydrogens is 284 g/mol. The molecule has 0 aromatic carbocycles. The lowest BCUT2D eigenvalue weighted by atomic mass is 9.94. The predicted molar refractivity (Wildman–Crippen MR) is 90.4 cm³/mol. The SMILES string of the molecule is CCCC1CNC(C(C)CC)CN1CCS(=O)(=O)C(C)C. The van der Waals surface area contributed by atoms with Crippen LogP contribution in [0, 0.1) is 5.92 Å². The lowest BCUT2D eigenvalue weighted by Crippen LogP contribution is -2.59. The fourth-order valence-corrected chi connectivity index (χ4v) is 3.88. The molecule has 0 radical (unpaired) electrons. The second-order valence-electron chi connectivity index (χ2n) is 6.75. The lowest BCUT2D eigenvalue weighted by Gasteiger charge is -2.42. The summed E-state index contributed by atoms with van der Waals surface area (Å²) in [5.74, 6) is 0.926. The quantitative estimate of drug-likeness (QED) is 0.746. The van der Waals surface area contributed by atoms with Crippen LogP contribution in [-0.4, -0.2) is 56.0 Å². The van der Waals surface area contributed by atoms with Gasteiger partial charge in [0.25, 0.3) is 0 Å². The topological polar surface area (TPSA) is 49.4 Å². The van der Waals surface area contributed by atoms with Crippen LogP contribution < -0.4 is 5.32 Å². The Balaban J connectivity index is 2.67. The minimum atomic E-state index is -2.94. The molecule has 126 valence electrons. The Labute approximate surface area is 131 Å². The molecule has 0 aromatic heterocycles. The molecule has 1 aliphatic rings. The van der Waals surface area contributed by atoms with E-state index in [1.54, 1.807) is 13.8 Å². The maximum Gasteiger partial charge on any atom is 0.153 e. The van der Waals surface area contributed by atoms with Crippen LogP contribution in [0.15, 0.2) is 0 Å². The summed E-state index contributed by atoms with van der Waals surface area (Å²) >= 11 is 0. The Morgan fingerprint density at radius 3 is 2.43 bits per heavy atom. The maximum absolute atomic E-state index is 12.1. The molecule has 0 saturated carbocycles. The van der Waals surface area contributed by atoms with Crippen LogP contribution in [0.4, 0.5) is 0 Å². The molecular formula is C16H34N2O2S. The van der Waals surface area contributed by atoms with Gasteiger partial charge in [0, 0.05) is 31.7 Å². The zero-order valence-corrected chi connectivity index (χ0v) is 15.2. The van der Waals surface area contributed by atoms with E-state index in [4.69, 9.17) is 0 Å². The number of hydrogen-bond acceptors (Lipinski definition) is 4. The first-order valence-electron chi connectivity index (χ1n) is 8.50. The normalized spacial score (nSPS) is 26.2. The second kappa shape index (κ2) is 8.49. The summed E-state index contributed by atoms with van der Waals surface area (Å²) in [6.45, 7) is 12.9. The van der Waals surface area contributed by atoms with Crippen LogP contribution in [-0.2, 0) is 9.84 Å². The predicted octanol–water partition coefficient (Wildman–Crippen LogP) is 2.30. The third-order valence-electron chi connectivity index (χ3n) is 4.90. The van der Waals surface area contributed by atoms with Crippen molar-refractivity contribution in [3.8, 4) is 0 Å².